The molecule has 1 aliphatic rings. The molecule has 90 valence electrons. The largest absolute Gasteiger partial charge is 0.444 e. The highest BCUT2D eigenvalue weighted by molar-refractivity contribution is 7.71. The van der Waals surface area contributed by atoms with E-state index in [4.69, 9.17) is 16.6 Å². The lowest BCUT2D eigenvalue weighted by Crippen LogP contribution is -2.04. The second-order valence-corrected chi connectivity index (χ2v) is 4.88. The van der Waals surface area contributed by atoms with Crippen molar-refractivity contribution in [1.29, 1.82) is 0 Å². The first-order chi connectivity index (χ1) is 8.15. The highest BCUT2D eigenvalue weighted by Crippen LogP contribution is 2.38. The van der Waals surface area contributed by atoms with Crippen LogP contribution >= 0.6 is 12.2 Å². The van der Waals surface area contributed by atoms with Crippen LogP contribution in [0.4, 0.5) is 0 Å². The first-order valence-corrected chi connectivity index (χ1v) is 6.14. The van der Waals surface area contributed by atoms with Gasteiger partial charge in [-0.1, -0.05) is 0 Å². The Balaban J connectivity index is 1.94. The number of H-pyrrole nitrogens is 1. The Bertz CT molecular complexity index is 586. The smallest absolute Gasteiger partial charge is 0.214 e. The molecule has 0 saturated heterocycles. The molecule has 1 fully saturated rings. The van der Waals surface area contributed by atoms with Crippen molar-refractivity contribution in [3.8, 4) is 0 Å². The third-order valence-corrected chi connectivity index (χ3v) is 3.41. The van der Waals surface area contributed by atoms with Crippen molar-refractivity contribution < 1.29 is 4.42 Å². The van der Waals surface area contributed by atoms with Gasteiger partial charge in [-0.3, -0.25) is 9.67 Å². The molecule has 0 bridgehead atoms. The Hall–Kier alpha value is -1.43. The van der Waals surface area contributed by atoms with E-state index in [1.54, 1.807) is 0 Å². The van der Waals surface area contributed by atoms with Crippen molar-refractivity contribution in [1.82, 2.24) is 19.7 Å². The van der Waals surface area contributed by atoms with Gasteiger partial charge < -0.3 is 4.42 Å². The first kappa shape index (κ1) is 10.7. The highest BCUT2D eigenvalue weighted by Gasteiger charge is 2.29. The van der Waals surface area contributed by atoms with E-state index < -0.39 is 0 Å². The average Bonchev–Trinajstić information content (AvgIpc) is 2.99. The van der Waals surface area contributed by atoms with Crippen LogP contribution in [0, 0.1) is 18.6 Å². The van der Waals surface area contributed by atoms with Crippen molar-refractivity contribution in [3.05, 3.63) is 27.9 Å². The fraction of sp³-hybridized carbons (Fsp3) is 0.545. The molecule has 1 N–H and O–H groups in total. The lowest BCUT2D eigenvalue weighted by Gasteiger charge is -2.02. The minimum Gasteiger partial charge on any atom is -0.444 e. The second-order valence-electron chi connectivity index (χ2n) is 4.50. The molecule has 0 atom stereocenters. The molecule has 0 radical (unpaired) electrons. The van der Waals surface area contributed by atoms with E-state index in [-0.39, 0.29) is 0 Å². The maximum atomic E-state index is 5.58. The van der Waals surface area contributed by atoms with Crippen LogP contribution in [0.2, 0.25) is 0 Å². The molecule has 2 aromatic rings. The van der Waals surface area contributed by atoms with Crippen LogP contribution in [0.5, 0.6) is 0 Å². The molecule has 1 aliphatic carbocycles. The number of hydrogen-bond acceptors (Lipinski definition) is 4. The van der Waals surface area contributed by atoms with E-state index in [1.807, 2.05) is 18.4 Å². The summed E-state index contributed by atoms with van der Waals surface area (Å²) in [5.41, 5.74) is 0.933. The number of oxazole rings is 1. The summed E-state index contributed by atoms with van der Waals surface area (Å²) < 4.78 is 8.20. The molecule has 17 heavy (non-hydrogen) atoms. The minimum absolute atomic E-state index is 0.556. The SMILES string of the molecule is Cc1nc(Cn2c(C3CC3)n[nH]c2=S)oc1C. The number of nitrogens with one attached hydrogen (secondary N) is 1. The normalized spacial score (nSPS) is 15.4. The van der Waals surface area contributed by atoms with Gasteiger partial charge in [-0.05, 0) is 38.9 Å². The average molecular weight is 250 g/mol. The highest BCUT2D eigenvalue weighted by atomic mass is 32.1. The maximum absolute atomic E-state index is 5.58. The standard InChI is InChI=1S/C11H14N4OS/c1-6-7(2)16-9(12-6)5-15-10(8-3-4-8)13-14-11(15)17/h8H,3-5H2,1-2H3,(H,14,17). The summed E-state index contributed by atoms with van der Waals surface area (Å²) in [6.45, 7) is 4.43. The molecule has 0 amide bonds. The van der Waals surface area contributed by atoms with Gasteiger partial charge in [0.2, 0.25) is 5.89 Å². The van der Waals surface area contributed by atoms with Crippen molar-refractivity contribution >= 4 is 12.2 Å². The van der Waals surface area contributed by atoms with Crippen LogP contribution in [0.25, 0.3) is 0 Å². The van der Waals surface area contributed by atoms with Crippen LogP contribution < -0.4 is 0 Å². The zero-order chi connectivity index (χ0) is 12.0. The van der Waals surface area contributed by atoms with Gasteiger partial charge in [0.15, 0.2) is 4.77 Å². The number of aromatic nitrogens is 4. The van der Waals surface area contributed by atoms with Crippen LogP contribution in [0.3, 0.4) is 0 Å². The van der Waals surface area contributed by atoms with E-state index in [0.717, 1.165) is 17.3 Å². The molecule has 0 unspecified atom stereocenters. The summed E-state index contributed by atoms with van der Waals surface area (Å²) in [6.07, 6.45) is 2.40. The zero-order valence-corrected chi connectivity index (χ0v) is 10.7. The summed E-state index contributed by atoms with van der Waals surface area (Å²) >= 11 is 5.23. The van der Waals surface area contributed by atoms with Crippen LogP contribution in [-0.2, 0) is 6.54 Å². The molecule has 0 spiro atoms. The molecule has 5 nitrogen and oxygen atoms in total. The van der Waals surface area contributed by atoms with Gasteiger partial charge in [-0.25, -0.2) is 4.98 Å². The van der Waals surface area contributed by atoms with Gasteiger partial charge in [0.25, 0.3) is 0 Å². The molecular weight excluding hydrogens is 236 g/mol. The Morgan fingerprint density at radius 3 is 2.82 bits per heavy atom. The predicted octanol–water partition coefficient (Wildman–Crippen LogP) is 2.47. The van der Waals surface area contributed by atoms with Gasteiger partial charge in [-0.2, -0.15) is 5.10 Å². The molecule has 0 aromatic carbocycles. The van der Waals surface area contributed by atoms with Gasteiger partial charge in [0.05, 0.1) is 5.69 Å². The monoisotopic (exact) mass is 250 g/mol. The molecule has 1 saturated carbocycles. The van der Waals surface area contributed by atoms with Crippen LogP contribution in [0.1, 0.15) is 41.9 Å². The maximum Gasteiger partial charge on any atom is 0.214 e. The van der Waals surface area contributed by atoms with Gasteiger partial charge in [0.1, 0.15) is 18.1 Å². The van der Waals surface area contributed by atoms with E-state index in [0.29, 0.717) is 23.1 Å². The molecule has 3 rings (SSSR count). The number of hydrogen-bond donors (Lipinski definition) is 1. The number of rotatable bonds is 3. The number of nitrogens with zero attached hydrogens (tertiary/aromatic N) is 3. The third kappa shape index (κ3) is 1.93. The second kappa shape index (κ2) is 3.80. The summed E-state index contributed by atoms with van der Waals surface area (Å²) in [7, 11) is 0. The van der Waals surface area contributed by atoms with Crippen molar-refractivity contribution in [2.24, 2.45) is 0 Å². The Labute approximate surface area is 104 Å². The quantitative estimate of drug-likeness (QED) is 0.850. The Kier molecular flexibility index (Phi) is 2.39. The third-order valence-electron chi connectivity index (χ3n) is 3.10. The topological polar surface area (TPSA) is 59.6 Å². The fourth-order valence-electron chi connectivity index (χ4n) is 1.88. The minimum atomic E-state index is 0.556. The van der Waals surface area contributed by atoms with Gasteiger partial charge >= 0.3 is 0 Å². The van der Waals surface area contributed by atoms with Gasteiger partial charge in [0, 0.05) is 5.92 Å². The van der Waals surface area contributed by atoms with E-state index in [2.05, 4.69) is 15.2 Å². The van der Waals surface area contributed by atoms with Gasteiger partial charge in [-0.15, -0.1) is 0 Å². The zero-order valence-electron chi connectivity index (χ0n) is 9.86. The van der Waals surface area contributed by atoms with Crippen molar-refractivity contribution in [2.75, 3.05) is 0 Å². The Morgan fingerprint density at radius 1 is 1.47 bits per heavy atom. The lowest BCUT2D eigenvalue weighted by atomic mass is 10.4. The molecule has 2 heterocycles. The summed E-state index contributed by atoms with van der Waals surface area (Å²) in [5.74, 6) is 3.14. The van der Waals surface area contributed by atoms with E-state index in [1.165, 1.54) is 12.8 Å². The number of aryl methyl sites for hydroxylation is 2. The summed E-state index contributed by atoms with van der Waals surface area (Å²) in [5, 5.41) is 7.13. The first-order valence-electron chi connectivity index (χ1n) is 5.73. The molecule has 0 aliphatic heterocycles. The summed E-state index contributed by atoms with van der Waals surface area (Å²) in [6, 6.07) is 0. The number of aromatic amines is 1. The van der Waals surface area contributed by atoms with Crippen molar-refractivity contribution in [2.45, 2.75) is 39.2 Å². The van der Waals surface area contributed by atoms with E-state index in [9.17, 15) is 0 Å². The predicted molar refractivity (Wildman–Crippen MR) is 64.5 cm³/mol. The molecule has 6 heteroatoms. The van der Waals surface area contributed by atoms with Crippen molar-refractivity contribution in [3.63, 3.8) is 0 Å². The van der Waals surface area contributed by atoms with E-state index >= 15 is 0 Å². The summed E-state index contributed by atoms with van der Waals surface area (Å²) in [4.78, 5) is 4.37. The lowest BCUT2D eigenvalue weighted by molar-refractivity contribution is 0.452. The fourth-order valence-corrected chi connectivity index (χ4v) is 2.08. The van der Waals surface area contributed by atoms with Crippen LogP contribution in [0.15, 0.2) is 4.42 Å². The molecular formula is C11H14N4OS. The van der Waals surface area contributed by atoms with Crippen LogP contribution in [-0.4, -0.2) is 19.7 Å². The Morgan fingerprint density at radius 2 is 2.24 bits per heavy atom. The molecule has 2 aromatic heterocycles.